The average molecular weight is 401 g/mol. The third-order valence-corrected chi connectivity index (χ3v) is 7.26. The van der Waals surface area contributed by atoms with E-state index in [1.54, 1.807) is 6.92 Å². The second kappa shape index (κ2) is 8.72. The van der Waals surface area contributed by atoms with Crippen molar-refractivity contribution in [3.63, 3.8) is 0 Å². The third-order valence-electron chi connectivity index (χ3n) is 7.26. The number of fused-ring (bicyclic) bond motifs is 1. The third kappa shape index (κ3) is 4.50. The summed E-state index contributed by atoms with van der Waals surface area (Å²) in [5.41, 5.74) is 1.16. The predicted molar refractivity (Wildman–Crippen MR) is 115 cm³/mol. The summed E-state index contributed by atoms with van der Waals surface area (Å²) in [5, 5.41) is 10.2. The molecular weight excluding hydrogens is 364 g/mol. The summed E-state index contributed by atoms with van der Waals surface area (Å²) in [6.45, 7) is 11.9. The van der Waals surface area contributed by atoms with E-state index >= 15 is 0 Å². The molecule has 0 radical (unpaired) electrons. The summed E-state index contributed by atoms with van der Waals surface area (Å²) in [7, 11) is 0. The van der Waals surface area contributed by atoms with Crippen molar-refractivity contribution in [3.8, 4) is 0 Å². The van der Waals surface area contributed by atoms with Gasteiger partial charge in [0.15, 0.2) is 0 Å². The molecule has 1 amide bonds. The van der Waals surface area contributed by atoms with Crippen LogP contribution in [0.3, 0.4) is 0 Å². The Morgan fingerprint density at radius 1 is 1.07 bits per heavy atom. The zero-order chi connectivity index (χ0) is 20.4. The smallest absolute Gasteiger partial charge is 0.219 e. The molecule has 0 bridgehead atoms. The van der Waals surface area contributed by atoms with Crippen LogP contribution in [0, 0.1) is 0 Å². The zero-order valence-electron chi connectivity index (χ0n) is 18.0. The standard InChI is InChI=1S/C23H36N4O2/c1-19(29)25-10-8-21(9-11-25)26-12-13-27-22(16-26)15-24(17-23(27,2)18-28)14-20-6-4-3-5-7-20/h3-7,21-22,28H,8-18H2,1-2H3. The van der Waals surface area contributed by atoms with Crippen LogP contribution in [0.1, 0.15) is 32.3 Å². The van der Waals surface area contributed by atoms with Crippen LogP contribution < -0.4 is 0 Å². The largest absolute Gasteiger partial charge is 0.394 e. The lowest BCUT2D eigenvalue weighted by atomic mass is 9.90. The van der Waals surface area contributed by atoms with E-state index < -0.39 is 0 Å². The second-order valence-corrected chi connectivity index (χ2v) is 9.39. The van der Waals surface area contributed by atoms with Gasteiger partial charge in [-0.25, -0.2) is 0 Å². The quantitative estimate of drug-likeness (QED) is 0.825. The molecule has 0 spiro atoms. The summed E-state index contributed by atoms with van der Waals surface area (Å²) >= 11 is 0. The lowest BCUT2D eigenvalue weighted by Gasteiger charge is -2.57. The number of piperazine rings is 2. The van der Waals surface area contributed by atoms with E-state index in [2.05, 4.69) is 52.0 Å². The fourth-order valence-corrected chi connectivity index (χ4v) is 5.66. The van der Waals surface area contributed by atoms with Crippen molar-refractivity contribution in [1.29, 1.82) is 0 Å². The molecule has 4 rings (SSSR count). The molecule has 3 aliphatic rings. The molecule has 6 nitrogen and oxygen atoms in total. The molecule has 1 aromatic rings. The van der Waals surface area contributed by atoms with Gasteiger partial charge in [-0.2, -0.15) is 0 Å². The van der Waals surface area contributed by atoms with Gasteiger partial charge < -0.3 is 10.0 Å². The van der Waals surface area contributed by atoms with E-state index in [1.165, 1.54) is 5.56 Å². The Kier molecular flexibility index (Phi) is 6.25. The maximum absolute atomic E-state index is 11.6. The second-order valence-electron chi connectivity index (χ2n) is 9.39. The number of rotatable bonds is 4. The summed E-state index contributed by atoms with van der Waals surface area (Å²) in [4.78, 5) is 21.4. The van der Waals surface area contributed by atoms with Gasteiger partial charge in [0.2, 0.25) is 5.91 Å². The Labute approximate surface area is 175 Å². The van der Waals surface area contributed by atoms with Crippen LogP contribution in [0.15, 0.2) is 30.3 Å². The summed E-state index contributed by atoms with van der Waals surface area (Å²) in [5.74, 6) is 0.204. The fraction of sp³-hybridized carbons (Fsp3) is 0.696. The van der Waals surface area contributed by atoms with Crippen LogP contribution in [-0.2, 0) is 11.3 Å². The Morgan fingerprint density at radius 3 is 2.45 bits per heavy atom. The van der Waals surface area contributed by atoms with Crippen LogP contribution in [0.2, 0.25) is 0 Å². The van der Waals surface area contributed by atoms with Gasteiger partial charge in [-0.15, -0.1) is 0 Å². The minimum absolute atomic E-state index is 0.179. The van der Waals surface area contributed by atoms with Crippen LogP contribution in [0.25, 0.3) is 0 Å². The van der Waals surface area contributed by atoms with Crippen LogP contribution in [0.5, 0.6) is 0 Å². The summed E-state index contributed by atoms with van der Waals surface area (Å²) in [6.07, 6.45) is 2.16. The number of carbonyl (C=O) groups excluding carboxylic acids is 1. The highest BCUT2D eigenvalue weighted by Crippen LogP contribution is 2.31. The Hall–Kier alpha value is -1.47. The molecule has 0 aliphatic carbocycles. The van der Waals surface area contributed by atoms with Crippen molar-refractivity contribution in [2.75, 3.05) is 52.4 Å². The first kappa shape index (κ1) is 20.8. The van der Waals surface area contributed by atoms with Gasteiger partial charge in [0, 0.05) is 71.4 Å². The molecule has 160 valence electrons. The van der Waals surface area contributed by atoms with Crippen molar-refractivity contribution in [2.24, 2.45) is 0 Å². The number of benzene rings is 1. The maximum atomic E-state index is 11.6. The molecule has 2 unspecified atom stereocenters. The SMILES string of the molecule is CC(=O)N1CCC(N2CCN3C(CN(Cc4ccccc4)CC3(C)CO)C2)CC1. The first-order chi connectivity index (χ1) is 14.0. The van der Waals surface area contributed by atoms with Gasteiger partial charge in [-0.05, 0) is 25.3 Å². The summed E-state index contributed by atoms with van der Waals surface area (Å²) in [6, 6.07) is 11.7. The first-order valence-corrected chi connectivity index (χ1v) is 11.1. The average Bonchev–Trinajstić information content (AvgIpc) is 2.74. The maximum Gasteiger partial charge on any atom is 0.219 e. The fourth-order valence-electron chi connectivity index (χ4n) is 5.66. The van der Waals surface area contributed by atoms with Gasteiger partial charge in [0.05, 0.1) is 12.1 Å². The van der Waals surface area contributed by atoms with Crippen molar-refractivity contribution < 1.29 is 9.90 Å². The minimum Gasteiger partial charge on any atom is -0.394 e. The van der Waals surface area contributed by atoms with E-state index in [-0.39, 0.29) is 18.1 Å². The number of amides is 1. The summed E-state index contributed by atoms with van der Waals surface area (Å²) < 4.78 is 0. The highest BCUT2D eigenvalue weighted by Gasteiger charge is 2.45. The number of aliphatic hydroxyl groups is 1. The monoisotopic (exact) mass is 400 g/mol. The highest BCUT2D eigenvalue weighted by molar-refractivity contribution is 5.73. The zero-order valence-corrected chi connectivity index (χ0v) is 18.0. The Bertz CT molecular complexity index is 691. The van der Waals surface area contributed by atoms with Gasteiger partial charge in [-0.3, -0.25) is 19.5 Å². The van der Waals surface area contributed by atoms with Crippen molar-refractivity contribution in [2.45, 2.75) is 50.9 Å². The highest BCUT2D eigenvalue weighted by atomic mass is 16.3. The minimum atomic E-state index is -0.179. The number of aliphatic hydroxyl groups excluding tert-OH is 1. The van der Waals surface area contributed by atoms with E-state index in [4.69, 9.17) is 0 Å². The van der Waals surface area contributed by atoms with Crippen molar-refractivity contribution in [3.05, 3.63) is 35.9 Å². The number of piperidine rings is 1. The molecule has 3 saturated heterocycles. The van der Waals surface area contributed by atoms with Crippen LogP contribution in [0.4, 0.5) is 0 Å². The van der Waals surface area contributed by atoms with E-state index in [0.29, 0.717) is 12.1 Å². The number of likely N-dealkylation sites (tertiary alicyclic amines) is 1. The van der Waals surface area contributed by atoms with Gasteiger partial charge >= 0.3 is 0 Å². The molecule has 6 heteroatoms. The molecule has 29 heavy (non-hydrogen) atoms. The number of hydrogen-bond acceptors (Lipinski definition) is 5. The molecular formula is C23H36N4O2. The van der Waals surface area contributed by atoms with Crippen LogP contribution in [-0.4, -0.2) is 101 Å². The lowest BCUT2D eigenvalue weighted by molar-refractivity contribution is -0.131. The lowest BCUT2D eigenvalue weighted by Crippen LogP contribution is -2.72. The van der Waals surface area contributed by atoms with E-state index in [0.717, 1.165) is 65.2 Å². The van der Waals surface area contributed by atoms with Crippen molar-refractivity contribution in [1.82, 2.24) is 19.6 Å². The molecule has 1 N–H and O–H groups in total. The predicted octanol–water partition coefficient (Wildman–Crippen LogP) is 1.25. The number of hydrogen-bond donors (Lipinski definition) is 1. The van der Waals surface area contributed by atoms with Gasteiger partial charge in [0.1, 0.15) is 0 Å². The van der Waals surface area contributed by atoms with Gasteiger partial charge in [-0.1, -0.05) is 30.3 Å². The molecule has 2 atom stereocenters. The van der Waals surface area contributed by atoms with Crippen molar-refractivity contribution >= 4 is 5.91 Å². The molecule has 0 aromatic heterocycles. The molecule has 3 fully saturated rings. The normalized spacial score (nSPS) is 30.3. The Balaban J connectivity index is 1.42. The molecule has 0 saturated carbocycles. The molecule has 3 heterocycles. The first-order valence-electron chi connectivity index (χ1n) is 11.1. The molecule has 3 aliphatic heterocycles. The molecule has 1 aromatic carbocycles. The van der Waals surface area contributed by atoms with Gasteiger partial charge in [0.25, 0.3) is 0 Å². The van der Waals surface area contributed by atoms with Crippen LogP contribution >= 0.6 is 0 Å². The Morgan fingerprint density at radius 2 is 1.79 bits per heavy atom. The van der Waals surface area contributed by atoms with E-state index in [9.17, 15) is 9.90 Å². The van der Waals surface area contributed by atoms with E-state index in [1.807, 2.05) is 4.90 Å². The topological polar surface area (TPSA) is 50.3 Å². The number of nitrogens with zero attached hydrogens (tertiary/aromatic N) is 4. The number of carbonyl (C=O) groups is 1.